The number of hydrogen-bond acceptors (Lipinski definition) is 5. The number of benzene rings is 1. The van der Waals surface area contributed by atoms with Crippen molar-refractivity contribution in [2.45, 2.75) is 51.1 Å². The van der Waals surface area contributed by atoms with Gasteiger partial charge in [-0.15, -0.1) is 11.3 Å². The monoisotopic (exact) mass is 378 g/mol. The Bertz CT molecular complexity index is 932. The van der Waals surface area contributed by atoms with Gasteiger partial charge in [-0.1, -0.05) is 31.4 Å². The quantitative estimate of drug-likeness (QED) is 0.790. The lowest BCUT2D eigenvalue weighted by Gasteiger charge is -2.35. The summed E-state index contributed by atoms with van der Waals surface area (Å²) < 4.78 is 0. The van der Waals surface area contributed by atoms with E-state index < -0.39 is 0 Å². The van der Waals surface area contributed by atoms with Gasteiger partial charge in [-0.2, -0.15) is 5.26 Å². The van der Waals surface area contributed by atoms with Crippen molar-refractivity contribution in [2.75, 3.05) is 0 Å². The lowest BCUT2D eigenvalue weighted by atomic mass is 9.93. The average Bonchev–Trinajstić information content (AvgIpc) is 3.26. The van der Waals surface area contributed by atoms with E-state index in [0.717, 1.165) is 24.1 Å². The summed E-state index contributed by atoms with van der Waals surface area (Å²) in [5.41, 5.74) is 2.91. The molecule has 0 spiro atoms. The molecule has 1 saturated carbocycles. The van der Waals surface area contributed by atoms with E-state index >= 15 is 0 Å². The van der Waals surface area contributed by atoms with E-state index in [-0.39, 0.29) is 11.8 Å². The Morgan fingerprint density at radius 3 is 2.59 bits per heavy atom. The first-order valence-electron chi connectivity index (χ1n) is 9.37. The Kier molecular flexibility index (Phi) is 4.71. The number of aliphatic hydroxyl groups excluding tert-OH is 1. The molecule has 2 aromatic rings. The lowest BCUT2D eigenvalue weighted by molar-refractivity contribution is 0.194. The molecular formula is C21H22N4OS. The van der Waals surface area contributed by atoms with E-state index in [0.29, 0.717) is 28.0 Å². The molecule has 0 radical (unpaired) electrons. The maximum Gasteiger partial charge on any atom is 0.135 e. The van der Waals surface area contributed by atoms with Gasteiger partial charge in [0.1, 0.15) is 16.6 Å². The summed E-state index contributed by atoms with van der Waals surface area (Å²) in [5, 5.41) is 31.0. The van der Waals surface area contributed by atoms with Crippen LogP contribution in [-0.2, 0) is 0 Å². The van der Waals surface area contributed by atoms with Crippen LogP contribution in [-0.4, -0.2) is 32.9 Å². The molecule has 1 atom stereocenters. The molecule has 2 N–H and O–H groups in total. The molecule has 27 heavy (non-hydrogen) atoms. The highest BCUT2D eigenvalue weighted by atomic mass is 32.1. The zero-order valence-corrected chi connectivity index (χ0v) is 16.1. The third-order valence-electron chi connectivity index (χ3n) is 5.56. The number of nitrogens with one attached hydrogen (secondary N) is 1. The summed E-state index contributed by atoms with van der Waals surface area (Å²) in [6.45, 7) is 1.97. The molecule has 1 aromatic carbocycles. The Morgan fingerprint density at radius 2 is 1.93 bits per heavy atom. The minimum atomic E-state index is -0.169. The summed E-state index contributed by atoms with van der Waals surface area (Å²) in [6.07, 6.45) is 5.82. The number of hydrogen-bond donors (Lipinski definition) is 2. The lowest BCUT2D eigenvalue weighted by Crippen LogP contribution is -2.43. The first-order valence-corrected chi connectivity index (χ1v) is 10.2. The highest BCUT2D eigenvalue weighted by Crippen LogP contribution is 2.38. The van der Waals surface area contributed by atoms with Crippen LogP contribution in [0.15, 0.2) is 35.4 Å². The Morgan fingerprint density at radius 1 is 1.22 bits per heavy atom. The summed E-state index contributed by atoms with van der Waals surface area (Å²) in [4.78, 5) is 6.76. The van der Waals surface area contributed by atoms with Gasteiger partial charge in [0, 0.05) is 17.0 Å². The fraction of sp³-hybridized carbons (Fsp3) is 0.381. The maximum atomic E-state index is 10.8. The van der Waals surface area contributed by atoms with Crippen molar-refractivity contribution in [1.29, 1.82) is 10.7 Å². The molecule has 0 bridgehead atoms. The second-order valence-electron chi connectivity index (χ2n) is 7.21. The van der Waals surface area contributed by atoms with E-state index in [1.54, 1.807) is 12.1 Å². The molecule has 0 amide bonds. The zero-order valence-electron chi connectivity index (χ0n) is 15.3. The van der Waals surface area contributed by atoms with Crippen molar-refractivity contribution >= 4 is 22.7 Å². The van der Waals surface area contributed by atoms with Crippen LogP contribution in [0.4, 0.5) is 0 Å². The molecular weight excluding hydrogens is 356 g/mol. The van der Waals surface area contributed by atoms with Crippen LogP contribution in [0.25, 0.3) is 16.8 Å². The SMILES string of the molecule is C[C@@H]1C(O)=C(c2nc(-c3ccc(C#N)cc3)cs2)C(=N)N1C1CCCCC1. The molecule has 5 nitrogen and oxygen atoms in total. The molecule has 138 valence electrons. The predicted molar refractivity (Wildman–Crippen MR) is 108 cm³/mol. The number of aliphatic hydroxyl groups is 1. The number of nitriles is 1. The molecule has 2 heterocycles. The fourth-order valence-electron chi connectivity index (χ4n) is 4.09. The van der Waals surface area contributed by atoms with Crippen LogP contribution in [0.5, 0.6) is 0 Å². The van der Waals surface area contributed by atoms with Crippen molar-refractivity contribution in [1.82, 2.24) is 9.88 Å². The molecule has 1 fully saturated rings. The highest BCUT2D eigenvalue weighted by Gasteiger charge is 2.40. The van der Waals surface area contributed by atoms with Gasteiger partial charge in [0.05, 0.1) is 28.9 Å². The standard InChI is InChI=1S/C21H22N4OS/c1-13-19(26)18(20(23)25(13)16-5-3-2-4-6-16)21-24-17(12-27-21)15-9-7-14(11-22)8-10-15/h7-10,12-13,16,23,26H,2-6H2,1H3/t13-/m1/s1. The normalized spacial score (nSPS) is 21.0. The summed E-state index contributed by atoms with van der Waals surface area (Å²) in [5.74, 6) is 0.652. The van der Waals surface area contributed by atoms with Gasteiger partial charge >= 0.3 is 0 Å². The van der Waals surface area contributed by atoms with Crippen molar-refractivity contribution in [3.05, 3.63) is 46.0 Å². The second kappa shape index (κ2) is 7.16. The number of rotatable bonds is 3. The van der Waals surface area contributed by atoms with Gasteiger partial charge in [-0.25, -0.2) is 4.98 Å². The molecule has 6 heteroatoms. The third-order valence-corrected chi connectivity index (χ3v) is 6.42. The first-order chi connectivity index (χ1) is 13.1. The van der Waals surface area contributed by atoms with Gasteiger partial charge in [0.2, 0.25) is 0 Å². The van der Waals surface area contributed by atoms with E-state index in [1.807, 2.05) is 24.4 Å². The van der Waals surface area contributed by atoms with Crippen molar-refractivity contribution < 1.29 is 5.11 Å². The molecule has 1 aromatic heterocycles. The van der Waals surface area contributed by atoms with Crippen LogP contribution < -0.4 is 0 Å². The van der Waals surface area contributed by atoms with Gasteiger partial charge in [-0.05, 0) is 31.9 Å². The number of aromatic nitrogens is 1. The molecule has 1 aliphatic carbocycles. The van der Waals surface area contributed by atoms with Crippen molar-refractivity contribution in [2.24, 2.45) is 0 Å². The Hall–Kier alpha value is -2.65. The van der Waals surface area contributed by atoms with Gasteiger partial charge < -0.3 is 10.0 Å². The van der Waals surface area contributed by atoms with E-state index in [4.69, 9.17) is 10.7 Å². The first kappa shape index (κ1) is 17.7. The van der Waals surface area contributed by atoms with Crippen molar-refractivity contribution in [3.63, 3.8) is 0 Å². The average molecular weight is 379 g/mol. The topological polar surface area (TPSA) is 84.0 Å². The molecule has 0 saturated heterocycles. The highest BCUT2D eigenvalue weighted by molar-refractivity contribution is 7.11. The summed E-state index contributed by atoms with van der Waals surface area (Å²) in [6, 6.07) is 9.58. The van der Waals surface area contributed by atoms with Crippen LogP contribution >= 0.6 is 11.3 Å². The summed E-state index contributed by atoms with van der Waals surface area (Å²) >= 11 is 1.45. The molecule has 0 unspecified atom stereocenters. The summed E-state index contributed by atoms with van der Waals surface area (Å²) in [7, 11) is 0. The zero-order chi connectivity index (χ0) is 19.0. The van der Waals surface area contributed by atoms with Gasteiger partial charge in [-0.3, -0.25) is 5.41 Å². The van der Waals surface area contributed by atoms with Crippen LogP contribution in [0.1, 0.15) is 49.6 Å². The van der Waals surface area contributed by atoms with E-state index in [2.05, 4.69) is 16.0 Å². The van der Waals surface area contributed by atoms with Gasteiger partial charge in [0.15, 0.2) is 0 Å². The number of thiazole rings is 1. The van der Waals surface area contributed by atoms with Crippen LogP contribution in [0, 0.1) is 16.7 Å². The van der Waals surface area contributed by atoms with E-state index in [9.17, 15) is 5.11 Å². The van der Waals surface area contributed by atoms with Crippen molar-refractivity contribution in [3.8, 4) is 17.3 Å². The predicted octanol–water partition coefficient (Wildman–Crippen LogP) is 4.96. The number of nitrogens with zero attached hydrogens (tertiary/aromatic N) is 3. The molecule has 1 aliphatic heterocycles. The largest absolute Gasteiger partial charge is 0.509 e. The van der Waals surface area contributed by atoms with Gasteiger partial charge in [0.25, 0.3) is 0 Å². The fourth-order valence-corrected chi connectivity index (χ4v) is 4.97. The third kappa shape index (κ3) is 3.13. The minimum absolute atomic E-state index is 0.169. The minimum Gasteiger partial charge on any atom is -0.509 e. The van der Waals surface area contributed by atoms with Crippen LogP contribution in [0.3, 0.4) is 0 Å². The molecule has 4 rings (SSSR count). The second-order valence-corrected chi connectivity index (χ2v) is 8.07. The Balaban J connectivity index is 1.62. The smallest absolute Gasteiger partial charge is 0.135 e. The van der Waals surface area contributed by atoms with E-state index in [1.165, 1.54) is 30.6 Å². The Labute approximate surface area is 163 Å². The number of amidine groups is 1. The van der Waals surface area contributed by atoms with Crippen LogP contribution in [0.2, 0.25) is 0 Å². The maximum absolute atomic E-state index is 10.8. The molecule has 2 aliphatic rings.